The Labute approximate surface area is 72.9 Å². The van der Waals surface area contributed by atoms with Crippen LogP contribution in [0.1, 0.15) is 12.8 Å². The summed E-state index contributed by atoms with van der Waals surface area (Å²) in [7, 11) is -6.41. The van der Waals surface area contributed by atoms with E-state index in [-0.39, 0.29) is 11.5 Å². The Kier molecular flexibility index (Phi) is 4.15. The highest BCUT2D eigenvalue weighted by Gasteiger charge is 2.05. The normalized spacial score (nSPS) is 13.2. The summed E-state index contributed by atoms with van der Waals surface area (Å²) in [4.78, 5) is 0. The van der Waals surface area contributed by atoms with Gasteiger partial charge in [0.25, 0.3) is 0 Å². The molecule has 0 saturated heterocycles. The van der Waals surface area contributed by atoms with Gasteiger partial charge in [0, 0.05) is 12.0 Å². The number of hydrogen-bond donors (Lipinski definition) is 1. The quantitative estimate of drug-likeness (QED) is 0.601. The molecular formula is C5H13NO4S2. The van der Waals surface area contributed by atoms with E-state index in [1.54, 1.807) is 0 Å². The van der Waals surface area contributed by atoms with Crippen LogP contribution < -0.4 is 5.14 Å². The van der Waals surface area contributed by atoms with Crippen LogP contribution in [0.4, 0.5) is 0 Å². The molecule has 0 bridgehead atoms. The number of nitrogens with two attached hydrogens (primary N) is 1. The predicted octanol–water partition coefficient (Wildman–Crippen LogP) is -0.900. The van der Waals surface area contributed by atoms with E-state index < -0.39 is 19.9 Å². The Morgan fingerprint density at radius 1 is 1.00 bits per heavy atom. The Balaban J connectivity index is 3.62. The molecule has 0 spiro atoms. The molecule has 0 aliphatic carbocycles. The van der Waals surface area contributed by atoms with E-state index in [1.807, 2.05) is 0 Å². The molecule has 5 nitrogen and oxygen atoms in total. The van der Waals surface area contributed by atoms with Crippen molar-refractivity contribution in [2.45, 2.75) is 12.8 Å². The largest absolute Gasteiger partial charge is 0.229 e. The van der Waals surface area contributed by atoms with Crippen LogP contribution in [-0.4, -0.2) is 34.6 Å². The van der Waals surface area contributed by atoms with Crippen LogP contribution in [0.15, 0.2) is 0 Å². The molecule has 0 aromatic carbocycles. The van der Waals surface area contributed by atoms with E-state index in [0.717, 1.165) is 6.26 Å². The van der Waals surface area contributed by atoms with Crippen molar-refractivity contribution in [3.63, 3.8) is 0 Å². The van der Waals surface area contributed by atoms with E-state index in [9.17, 15) is 16.8 Å². The molecule has 0 aliphatic heterocycles. The molecule has 7 heteroatoms. The van der Waals surface area contributed by atoms with Gasteiger partial charge in [0.05, 0.1) is 5.75 Å². The zero-order chi connectivity index (χ0) is 9.83. The van der Waals surface area contributed by atoms with Crippen LogP contribution in [0, 0.1) is 0 Å². The fourth-order valence-corrected chi connectivity index (χ4v) is 2.00. The monoisotopic (exact) mass is 215 g/mol. The van der Waals surface area contributed by atoms with Crippen molar-refractivity contribution in [3.05, 3.63) is 0 Å². The highest BCUT2D eigenvalue weighted by Crippen LogP contribution is 1.95. The van der Waals surface area contributed by atoms with Gasteiger partial charge in [-0.25, -0.2) is 22.0 Å². The second-order valence-corrected chi connectivity index (χ2v) is 6.70. The van der Waals surface area contributed by atoms with Gasteiger partial charge in [-0.3, -0.25) is 0 Å². The van der Waals surface area contributed by atoms with Gasteiger partial charge >= 0.3 is 0 Å². The number of sulfone groups is 1. The average molecular weight is 215 g/mol. The topological polar surface area (TPSA) is 94.3 Å². The molecule has 0 atom stereocenters. The van der Waals surface area contributed by atoms with E-state index in [0.29, 0.717) is 12.8 Å². The van der Waals surface area contributed by atoms with Gasteiger partial charge in [-0.1, -0.05) is 0 Å². The predicted molar refractivity (Wildman–Crippen MR) is 46.9 cm³/mol. The molecule has 0 amide bonds. The molecule has 0 saturated carbocycles. The van der Waals surface area contributed by atoms with Crippen LogP contribution in [0.2, 0.25) is 0 Å². The first kappa shape index (κ1) is 11.9. The van der Waals surface area contributed by atoms with Crippen molar-refractivity contribution in [2.75, 3.05) is 17.8 Å². The summed E-state index contributed by atoms with van der Waals surface area (Å²) in [6, 6.07) is 0. The molecular weight excluding hydrogens is 202 g/mol. The third-order valence-electron chi connectivity index (χ3n) is 1.19. The van der Waals surface area contributed by atoms with Gasteiger partial charge < -0.3 is 0 Å². The fraction of sp³-hybridized carbons (Fsp3) is 1.00. The lowest BCUT2D eigenvalue weighted by molar-refractivity contribution is 0.588. The minimum Gasteiger partial charge on any atom is -0.229 e. The van der Waals surface area contributed by atoms with Crippen molar-refractivity contribution in [3.8, 4) is 0 Å². The molecule has 74 valence electrons. The number of rotatable bonds is 5. The Morgan fingerprint density at radius 2 is 1.42 bits per heavy atom. The zero-order valence-corrected chi connectivity index (χ0v) is 8.49. The summed E-state index contributed by atoms with van der Waals surface area (Å²) in [5.74, 6) is -0.134. The molecule has 0 aliphatic rings. The minimum atomic E-state index is -3.44. The standard InChI is InChI=1S/C5H13NO4S2/c1-11(7,8)4-2-3-5-12(6,9)10/h2-5H2,1H3,(H2,6,9,10). The van der Waals surface area contributed by atoms with Crippen LogP contribution in [0.25, 0.3) is 0 Å². The highest BCUT2D eigenvalue weighted by molar-refractivity contribution is 7.90. The lowest BCUT2D eigenvalue weighted by Gasteiger charge is -1.97. The Bertz CT molecular complexity index is 281. The van der Waals surface area contributed by atoms with E-state index in [4.69, 9.17) is 5.14 Å². The number of unbranched alkanes of at least 4 members (excludes halogenated alkanes) is 1. The van der Waals surface area contributed by atoms with Crippen molar-refractivity contribution < 1.29 is 16.8 Å². The lowest BCUT2D eigenvalue weighted by Crippen LogP contribution is -2.17. The van der Waals surface area contributed by atoms with Crippen LogP contribution >= 0.6 is 0 Å². The number of sulfonamides is 1. The molecule has 0 aromatic rings. The molecule has 0 unspecified atom stereocenters. The summed E-state index contributed by atoms with van der Waals surface area (Å²) in [6.07, 6.45) is 1.76. The highest BCUT2D eigenvalue weighted by atomic mass is 32.2. The van der Waals surface area contributed by atoms with E-state index in [2.05, 4.69) is 0 Å². The summed E-state index contributed by atoms with van der Waals surface area (Å²) in [6.45, 7) is 0. The zero-order valence-electron chi connectivity index (χ0n) is 6.86. The van der Waals surface area contributed by atoms with Crippen molar-refractivity contribution in [1.29, 1.82) is 0 Å². The Hall–Kier alpha value is -0.140. The molecule has 2 N–H and O–H groups in total. The maximum absolute atomic E-state index is 10.6. The molecule has 0 radical (unpaired) electrons. The molecule has 0 heterocycles. The fourth-order valence-electron chi connectivity index (χ4n) is 0.667. The van der Waals surface area contributed by atoms with E-state index >= 15 is 0 Å². The van der Waals surface area contributed by atoms with Crippen LogP contribution in [0.5, 0.6) is 0 Å². The summed E-state index contributed by atoms with van der Waals surface area (Å²) in [5.41, 5.74) is 0. The molecule has 0 aromatic heterocycles. The maximum atomic E-state index is 10.6. The van der Waals surface area contributed by atoms with Crippen molar-refractivity contribution in [2.24, 2.45) is 5.14 Å². The van der Waals surface area contributed by atoms with Gasteiger partial charge in [-0.2, -0.15) is 0 Å². The van der Waals surface area contributed by atoms with Crippen LogP contribution in [-0.2, 0) is 19.9 Å². The van der Waals surface area contributed by atoms with E-state index in [1.165, 1.54) is 0 Å². The van der Waals surface area contributed by atoms with Gasteiger partial charge in [0.1, 0.15) is 9.84 Å². The maximum Gasteiger partial charge on any atom is 0.209 e. The van der Waals surface area contributed by atoms with Crippen molar-refractivity contribution in [1.82, 2.24) is 0 Å². The first-order valence-corrected chi connectivity index (χ1v) is 7.16. The first-order valence-electron chi connectivity index (χ1n) is 3.39. The van der Waals surface area contributed by atoms with Gasteiger partial charge in [-0.05, 0) is 12.8 Å². The number of primary sulfonamides is 1. The lowest BCUT2D eigenvalue weighted by atomic mass is 10.4. The molecule has 0 fully saturated rings. The summed E-state index contributed by atoms with van der Waals surface area (Å²) >= 11 is 0. The third-order valence-corrected chi connectivity index (χ3v) is 3.08. The van der Waals surface area contributed by atoms with Crippen LogP contribution in [0.3, 0.4) is 0 Å². The summed E-state index contributed by atoms with van der Waals surface area (Å²) < 4.78 is 41.9. The van der Waals surface area contributed by atoms with Gasteiger partial charge in [-0.15, -0.1) is 0 Å². The third kappa shape index (κ3) is 9.86. The smallest absolute Gasteiger partial charge is 0.209 e. The number of hydrogen-bond acceptors (Lipinski definition) is 4. The second-order valence-electron chi connectivity index (χ2n) is 2.70. The second kappa shape index (κ2) is 4.20. The van der Waals surface area contributed by atoms with Crippen molar-refractivity contribution >= 4 is 19.9 Å². The Morgan fingerprint density at radius 3 is 1.75 bits per heavy atom. The molecule has 12 heavy (non-hydrogen) atoms. The average Bonchev–Trinajstić information content (AvgIpc) is 1.76. The minimum absolute atomic E-state index is 0.0164. The molecule has 0 rings (SSSR count). The summed E-state index contributed by atoms with van der Waals surface area (Å²) in [5, 5.41) is 4.71. The first-order chi connectivity index (χ1) is 5.21. The van der Waals surface area contributed by atoms with Gasteiger partial charge in [0.15, 0.2) is 0 Å². The van der Waals surface area contributed by atoms with Gasteiger partial charge in [0.2, 0.25) is 10.0 Å². The SMILES string of the molecule is CS(=O)(=O)CCCCS(N)(=O)=O.